The maximum Gasteiger partial charge on any atom is 0.303 e. The van der Waals surface area contributed by atoms with E-state index in [0.29, 0.717) is 6.42 Å². The van der Waals surface area contributed by atoms with Crippen LogP contribution < -0.4 is 5.32 Å². The molecular weight excluding hydrogens is 238 g/mol. The minimum absolute atomic E-state index is 0.139. The number of nitrogens with one attached hydrogen (secondary N) is 1. The topological polar surface area (TPSA) is 75.1 Å². The molecule has 0 saturated heterocycles. The standard InChI is InChI=1S/C11H17N3O2S/c1-11(2,5-4-10(15)16)14-8-6-9(17-3)13-7-12-8/h6-7H,4-5H2,1-3H3,(H,15,16)(H,12,13,14). The quantitative estimate of drug-likeness (QED) is 0.600. The Morgan fingerprint density at radius 1 is 1.53 bits per heavy atom. The summed E-state index contributed by atoms with van der Waals surface area (Å²) in [5.41, 5.74) is -0.303. The molecular formula is C11H17N3O2S. The average molecular weight is 255 g/mol. The molecule has 0 aliphatic rings. The molecule has 17 heavy (non-hydrogen) atoms. The van der Waals surface area contributed by atoms with Crippen LogP contribution in [0.25, 0.3) is 0 Å². The summed E-state index contributed by atoms with van der Waals surface area (Å²) in [6.45, 7) is 3.91. The van der Waals surface area contributed by atoms with Crippen molar-refractivity contribution in [3.63, 3.8) is 0 Å². The Morgan fingerprint density at radius 3 is 2.82 bits per heavy atom. The third kappa shape index (κ3) is 5.04. The van der Waals surface area contributed by atoms with Crippen LogP contribution in [0.15, 0.2) is 17.4 Å². The molecule has 0 saturated carbocycles. The molecule has 1 aromatic rings. The van der Waals surface area contributed by atoms with Crippen LogP contribution in [0, 0.1) is 0 Å². The first-order valence-corrected chi connectivity index (χ1v) is 6.51. The second kappa shape index (κ2) is 5.86. The van der Waals surface area contributed by atoms with E-state index in [1.54, 1.807) is 11.8 Å². The van der Waals surface area contributed by atoms with Crippen molar-refractivity contribution in [2.75, 3.05) is 11.6 Å². The number of aliphatic carboxylic acids is 1. The third-order valence-electron chi connectivity index (χ3n) is 2.28. The van der Waals surface area contributed by atoms with E-state index in [9.17, 15) is 4.79 Å². The number of carbonyl (C=O) groups is 1. The summed E-state index contributed by atoms with van der Waals surface area (Å²) in [6.07, 6.45) is 4.13. The van der Waals surface area contributed by atoms with Crippen molar-refractivity contribution in [3.05, 3.63) is 12.4 Å². The summed E-state index contributed by atoms with van der Waals surface area (Å²) in [5.74, 6) is -0.0629. The van der Waals surface area contributed by atoms with Gasteiger partial charge in [-0.15, -0.1) is 11.8 Å². The second-order valence-corrected chi connectivity index (χ2v) is 5.17. The van der Waals surface area contributed by atoms with Crippen molar-refractivity contribution in [2.24, 2.45) is 0 Å². The number of rotatable bonds is 6. The molecule has 6 heteroatoms. The Balaban J connectivity index is 2.64. The van der Waals surface area contributed by atoms with Crippen LogP contribution in [0.4, 0.5) is 5.82 Å². The largest absolute Gasteiger partial charge is 0.481 e. The molecule has 0 amide bonds. The fraction of sp³-hybridized carbons (Fsp3) is 0.545. The number of hydrogen-bond acceptors (Lipinski definition) is 5. The summed E-state index contributed by atoms with van der Waals surface area (Å²) in [6, 6.07) is 1.85. The highest BCUT2D eigenvalue weighted by Gasteiger charge is 2.19. The Bertz CT molecular complexity index is 396. The number of aromatic nitrogens is 2. The summed E-state index contributed by atoms with van der Waals surface area (Å²) >= 11 is 1.54. The van der Waals surface area contributed by atoms with E-state index in [4.69, 9.17) is 5.11 Å². The molecule has 0 fully saturated rings. The molecule has 1 rings (SSSR count). The van der Waals surface area contributed by atoms with Gasteiger partial charge in [0.2, 0.25) is 0 Å². The molecule has 2 N–H and O–H groups in total. The van der Waals surface area contributed by atoms with E-state index in [0.717, 1.165) is 10.8 Å². The average Bonchev–Trinajstić information content (AvgIpc) is 2.26. The molecule has 0 spiro atoms. The Hall–Kier alpha value is -1.30. The van der Waals surface area contributed by atoms with Gasteiger partial charge >= 0.3 is 5.97 Å². The van der Waals surface area contributed by atoms with Gasteiger partial charge in [-0.3, -0.25) is 4.79 Å². The summed E-state index contributed by atoms with van der Waals surface area (Å²) in [4.78, 5) is 18.7. The SMILES string of the molecule is CSc1cc(NC(C)(C)CCC(=O)O)ncn1. The molecule has 0 aliphatic heterocycles. The van der Waals surface area contributed by atoms with Gasteiger partial charge in [0.05, 0.1) is 0 Å². The molecule has 1 heterocycles. The molecule has 0 aromatic carbocycles. The van der Waals surface area contributed by atoms with E-state index >= 15 is 0 Å². The predicted octanol–water partition coefficient (Wildman–Crippen LogP) is 2.25. The Labute approximate surface area is 105 Å². The summed E-state index contributed by atoms with van der Waals surface area (Å²) in [5, 5.41) is 12.8. The number of hydrogen-bond donors (Lipinski definition) is 2. The highest BCUT2D eigenvalue weighted by molar-refractivity contribution is 7.98. The van der Waals surface area contributed by atoms with Crippen molar-refractivity contribution < 1.29 is 9.90 Å². The van der Waals surface area contributed by atoms with Crippen LogP contribution >= 0.6 is 11.8 Å². The van der Waals surface area contributed by atoms with Crippen molar-refractivity contribution in [3.8, 4) is 0 Å². The van der Waals surface area contributed by atoms with Crippen LogP contribution in [0.3, 0.4) is 0 Å². The van der Waals surface area contributed by atoms with Gasteiger partial charge in [-0.05, 0) is 26.5 Å². The summed E-state index contributed by atoms with van der Waals surface area (Å²) in [7, 11) is 0. The van der Waals surface area contributed by atoms with Gasteiger partial charge in [0, 0.05) is 18.0 Å². The molecule has 0 atom stereocenters. The fourth-order valence-corrected chi connectivity index (χ4v) is 1.73. The molecule has 0 bridgehead atoms. The van der Waals surface area contributed by atoms with Crippen molar-refractivity contribution in [1.29, 1.82) is 0 Å². The molecule has 0 aliphatic carbocycles. The number of nitrogens with zero attached hydrogens (tertiary/aromatic N) is 2. The lowest BCUT2D eigenvalue weighted by molar-refractivity contribution is -0.137. The van der Waals surface area contributed by atoms with Crippen molar-refractivity contribution >= 4 is 23.5 Å². The van der Waals surface area contributed by atoms with Crippen LogP contribution in [-0.4, -0.2) is 32.8 Å². The van der Waals surface area contributed by atoms with E-state index in [1.807, 2.05) is 26.2 Å². The fourth-order valence-electron chi connectivity index (χ4n) is 1.35. The molecule has 0 unspecified atom stereocenters. The Morgan fingerprint density at radius 2 is 2.24 bits per heavy atom. The number of carboxylic acids is 1. The van der Waals surface area contributed by atoms with E-state index in [-0.39, 0.29) is 12.0 Å². The number of anilines is 1. The van der Waals surface area contributed by atoms with Gasteiger partial charge in [-0.25, -0.2) is 9.97 Å². The zero-order valence-electron chi connectivity index (χ0n) is 10.2. The Kier molecular flexibility index (Phi) is 4.74. The first kappa shape index (κ1) is 13.8. The van der Waals surface area contributed by atoms with E-state index in [1.165, 1.54) is 6.33 Å². The van der Waals surface area contributed by atoms with E-state index in [2.05, 4.69) is 15.3 Å². The van der Waals surface area contributed by atoms with Gasteiger partial charge in [0.25, 0.3) is 0 Å². The van der Waals surface area contributed by atoms with Gasteiger partial charge in [-0.2, -0.15) is 0 Å². The van der Waals surface area contributed by atoms with Gasteiger partial charge in [0.1, 0.15) is 17.2 Å². The molecule has 0 radical (unpaired) electrons. The lowest BCUT2D eigenvalue weighted by Gasteiger charge is -2.26. The zero-order chi connectivity index (χ0) is 12.9. The van der Waals surface area contributed by atoms with Crippen LogP contribution in [0.5, 0.6) is 0 Å². The maximum absolute atomic E-state index is 10.5. The normalized spacial score (nSPS) is 11.2. The lowest BCUT2D eigenvalue weighted by atomic mass is 9.98. The molecule has 5 nitrogen and oxygen atoms in total. The van der Waals surface area contributed by atoms with E-state index < -0.39 is 5.97 Å². The van der Waals surface area contributed by atoms with Gasteiger partial charge in [0.15, 0.2) is 0 Å². The van der Waals surface area contributed by atoms with Gasteiger partial charge < -0.3 is 10.4 Å². The van der Waals surface area contributed by atoms with Gasteiger partial charge in [-0.1, -0.05) is 0 Å². The van der Waals surface area contributed by atoms with Crippen molar-refractivity contribution in [2.45, 2.75) is 37.3 Å². The smallest absolute Gasteiger partial charge is 0.303 e. The summed E-state index contributed by atoms with van der Waals surface area (Å²) < 4.78 is 0. The lowest BCUT2D eigenvalue weighted by Crippen LogP contribution is -2.32. The van der Waals surface area contributed by atoms with Crippen molar-refractivity contribution in [1.82, 2.24) is 9.97 Å². The number of carboxylic acid groups (broad SMARTS) is 1. The minimum Gasteiger partial charge on any atom is -0.481 e. The first-order chi connectivity index (χ1) is 7.93. The molecule has 94 valence electrons. The van der Waals surface area contributed by atoms with Crippen LogP contribution in [0.2, 0.25) is 0 Å². The monoisotopic (exact) mass is 255 g/mol. The maximum atomic E-state index is 10.5. The van der Waals surface area contributed by atoms with Crippen LogP contribution in [-0.2, 0) is 4.79 Å². The second-order valence-electron chi connectivity index (χ2n) is 4.35. The van der Waals surface area contributed by atoms with Crippen LogP contribution in [0.1, 0.15) is 26.7 Å². The third-order valence-corrected chi connectivity index (χ3v) is 2.92. The zero-order valence-corrected chi connectivity index (χ0v) is 11.0. The predicted molar refractivity (Wildman–Crippen MR) is 68.4 cm³/mol. The minimum atomic E-state index is -0.785. The number of thioether (sulfide) groups is 1. The first-order valence-electron chi connectivity index (χ1n) is 5.29. The highest BCUT2D eigenvalue weighted by Crippen LogP contribution is 2.20. The highest BCUT2D eigenvalue weighted by atomic mass is 32.2. The molecule has 1 aromatic heterocycles.